The van der Waals surface area contributed by atoms with Crippen molar-refractivity contribution in [2.75, 3.05) is 13.1 Å². The Bertz CT molecular complexity index is 580. The summed E-state index contributed by atoms with van der Waals surface area (Å²) in [6, 6.07) is 2.42. The number of sulfonamides is 1. The van der Waals surface area contributed by atoms with Gasteiger partial charge >= 0.3 is 0 Å². The van der Waals surface area contributed by atoms with Crippen LogP contribution in [0.25, 0.3) is 0 Å². The van der Waals surface area contributed by atoms with Crippen LogP contribution in [0.2, 0.25) is 0 Å². The Labute approximate surface area is 111 Å². The summed E-state index contributed by atoms with van der Waals surface area (Å²) in [4.78, 5) is 14.8. The average Bonchev–Trinajstić information content (AvgIpc) is 2.39. The Hall–Kier alpha value is -1.34. The predicted octanol–water partition coefficient (Wildman–Crippen LogP) is 1.21. The first-order valence-corrected chi connectivity index (χ1v) is 7.48. The average molecular weight is 286 g/mol. The predicted molar refractivity (Wildman–Crippen MR) is 66.4 cm³/mol. The highest BCUT2D eigenvalue weighted by atomic mass is 32.2. The number of carbonyl (C=O) groups excluding carboxylic acids is 1. The summed E-state index contributed by atoms with van der Waals surface area (Å²) in [5, 5.41) is -0.545. The first kappa shape index (κ1) is 14.1. The standard InChI is InChI=1S/C12H15FN2O3S/c1-9(16)10-4-7-15(8-5-10)19(17,18)12-11(13)3-2-6-14-12/h2-3,6,10H,4-5,7-8H2,1H3. The Balaban J connectivity index is 2.19. The summed E-state index contributed by atoms with van der Waals surface area (Å²) < 4.78 is 39.2. The minimum atomic E-state index is -3.91. The largest absolute Gasteiger partial charge is 0.300 e. The van der Waals surface area contributed by atoms with Crippen LogP contribution in [-0.4, -0.2) is 36.6 Å². The molecule has 0 N–H and O–H groups in total. The number of nitrogens with zero attached hydrogens (tertiary/aromatic N) is 2. The Kier molecular flexibility index (Phi) is 3.96. The molecule has 2 heterocycles. The molecule has 0 radical (unpaired) electrons. The third-order valence-corrected chi connectivity index (χ3v) is 5.17. The lowest BCUT2D eigenvalue weighted by Crippen LogP contribution is -2.40. The molecule has 0 aliphatic carbocycles. The number of carbonyl (C=O) groups is 1. The molecule has 1 aromatic rings. The van der Waals surface area contributed by atoms with E-state index in [1.165, 1.54) is 23.5 Å². The highest BCUT2D eigenvalue weighted by molar-refractivity contribution is 7.89. The summed E-state index contributed by atoms with van der Waals surface area (Å²) in [6.45, 7) is 1.96. The molecule has 104 valence electrons. The number of pyridine rings is 1. The van der Waals surface area contributed by atoms with Crippen LogP contribution in [-0.2, 0) is 14.8 Å². The molecule has 1 fully saturated rings. The van der Waals surface area contributed by atoms with Crippen molar-refractivity contribution in [1.29, 1.82) is 0 Å². The second-order valence-corrected chi connectivity index (χ2v) is 6.43. The molecular weight excluding hydrogens is 271 g/mol. The molecule has 1 saturated heterocycles. The molecule has 1 aromatic heterocycles. The zero-order chi connectivity index (χ0) is 14.0. The molecule has 0 amide bonds. The topological polar surface area (TPSA) is 67.3 Å². The van der Waals surface area contributed by atoms with E-state index in [-0.39, 0.29) is 24.8 Å². The van der Waals surface area contributed by atoms with Gasteiger partial charge in [0.25, 0.3) is 10.0 Å². The van der Waals surface area contributed by atoms with Gasteiger partial charge in [-0.3, -0.25) is 4.79 Å². The fourth-order valence-electron chi connectivity index (χ4n) is 2.19. The number of rotatable bonds is 3. The maximum atomic E-state index is 13.5. The van der Waals surface area contributed by atoms with E-state index in [0.29, 0.717) is 12.8 Å². The van der Waals surface area contributed by atoms with E-state index in [9.17, 15) is 17.6 Å². The highest BCUT2D eigenvalue weighted by Gasteiger charge is 2.33. The van der Waals surface area contributed by atoms with Crippen molar-refractivity contribution in [3.8, 4) is 0 Å². The minimum Gasteiger partial charge on any atom is -0.300 e. The van der Waals surface area contributed by atoms with E-state index in [0.717, 1.165) is 6.07 Å². The number of ketones is 1. The monoisotopic (exact) mass is 286 g/mol. The zero-order valence-corrected chi connectivity index (χ0v) is 11.4. The van der Waals surface area contributed by atoms with Crippen LogP contribution in [0.15, 0.2) is 23.4 Å². The van der Waals surface area contributed by atoms with Gasteiger partial charge in [-0.25, -0.2) is 17.8 Å². The van der Waals surface area contributed by atoms with Gasteiger partial charge in [-0.2, -0.15) is 4.31 Å². The van der Waals surface area contributed by atoms with Gasteiger partial charge in [0.05, 0.1) is 0 Å². The summed E-state index contributed by atoms with van der Waals surface area (Å²) in [7, 11) is -3.91. The lowest BCUT2D eigenvalue weighted by atomic mass is 9.95. The van der Waals surface area contributed by atoms with Crippen LogP contribution in [0.5, 0.6) is 0 Å². The molecule has 1 aliphatic rings. The van der Waals surface area contributed by atoms with Crippen molar-refractivity contribution in [2.45, 2.75) is 24.8 Å². The third kappa shape index (κ3) is 2.82. The Morgan fingerprint density at radius 3 is 2.58 bits per heavy atom. The normalized spacial score (nSPS) is 18.4. The first-order valence-electron chi connectivity index (χ1n) is 6.04. The Morgan fingerprint density at radius 2 is 2.05 bits per heavy atom. The van der Waals surface area contributed by atoms with Crippen LogP contribution in [0, 0.1) is 11.7 Å². The Morgan fingerprint density at radius 1 is 1.42 bits per heavy atom. The number of aromatic nitrogens is 1. The van der Waals surface area contributed by atoms with Crippen molar-refractivity contribution in [3.05, 3.63) is 24.1 Å². The quantitative estimate of drug-likeness (QED) is 0.837. The van der Waals surface area contributed by atoms with Crippen molar-refractivity contribution in [1.82, 2.24) is 9.29 Å². The maximum Gasteiger partial charge on any atom is 0.263 e. The van der Waals surface area contributed by atoms with Crippen LogP contribution in [0.3, 0.4) is 0 Å². The van der Waals surface area contributed by atoms with Crippen LogP contribution in [0.1, 0.15) is 19.8 Å². The van der Waals surface area contributed by atoms with E-state index in [4.69, 9.17) is 0 Å². The SMILES string of the molecule is CC(=O)C1CCN(S(=O)(=O)c2ncccc2F)CC1. The summed E-state index contributed by atoms with van der Waals surface area (Å²) in [5.41, 5.74) is 0. The van der Waals surface area contributed by atoms with Crippen LogP contribution < -0.4 is 0 Å². The molecule has 0 unspecified atom stereocenters. The minimum absolute atomic E-state index is 0.0704. The van der Waals surface area contributed by atoms with Gasteiger partial charge < -0.3 is 0 Å². The molecule has 5 nitrogen and oxygen atoms in total. The van der Waals surface area contributed by atoms with Gasteiger partial charge in [-0.05, 0) is 31.9 Å². The fourth-order valence-corrected chi connectivity index (χ4v) is 3.63. The molecular formula is C12H15FN2O3S. The molecule has 0 aromatic carbocycles. The van der Waals surface area contributed by atoms with E-state index >= 15 is 0 Å². The number of piperidine rings is 1. The van der Waals surface area contributed by atoms with E-state index in [2.05, 4.69) is 4.98 Å². The van der Waals surface area contributed by atoms with Crippen molar-refractivity contribution in [2.24, 2.45) is 5.92 Å². The number of hydrogen-bond acceptors (Lipinski definition) is 4. The smallest absolute Gasteiger partial charge is 0.263 e. The molecule has 19 heavy (non-hydrogen) atoms. The van der Waals surface area contributed by atoms with Crippen molar-refractivity contribution < 1.29 is 17.6 Å². The van der Waals surface area contributed by atoms with Gasteiger partial charge in [0, 0.05) is 25.2 Å². The van der Waals surface area contributed by atoms with Gasteiger partial charge in [0.15, 0.2) is 5.82 Å². The second-order valence-electron chi connectivity index (χ2n) is 4.58. The van der Waals surface area contributed by atoms with Gasteiger partial charge in [0.1, 0.15) is 5.78 Å². The molecule has 0 atom stereocenters. The molecule has 0 bridgehead atoms. The van der Waals surface area contributed by atoms with Crippen molar-refractivity contribution in [3.63, 3.8) is 0 Å². The molecule has 0 spiro atoms. The summed E-state index contributed by atoms with van der Waals surface area (Å²) in [6.07, 6.45) is 2.20. The number of hydrogen-bond donors (Lipinski definition) is 0. The molecule has 1 aliphatic heterocycles. The second kappa shape index (κ2) is 5.34. The van der Waals surface area contributed by atoms with Gasteiger partial charge in [0.2, 0.25) is 5.03 Å². The van der Waals surface area contributed by atoms with E-state index < -0.39 is 20.9 Å². The summed E-state index contributed by atoms with van der Waals surface area (Å²) in [5.74, 6) is -0.878. The third-order valence-electron chi connectivity index (χ3n) is 3.34. The van der Waals surface area contributed by atoms with Gasteiger partial charge in [-0.1, -0.05) is 0 Å². The van der Waals surface area contributed by atoms with E-state index in [1.807, 2.05) is 0 Å². The first-order chi connectivity index (χ1) is 8.93. The zero-order valence-electron chi connectivity index (χ0n) is 10.5. The maximum absolute atomic E-state index is 13.5. The lowest BCUT2D eigenvalue weighted by molar-refractivity contribution is -0.121. The molecule has 0 saturated carbocycles. The lowest BCUT2D eigenvalue weighted by Gasteiger charge is -2.29. The number of Topliss-reactive ketones (excluding diaryl/α,β-unsaturated/α-hetero) is 1. The fraction of sp³-hybridized carbons (Fsp3) is 0.500. The van der Waals surface area contributed by atoms with E-state index in [1.54, 1.807) is 0 Å². The highest BCUT2D eigenvalue weighted by Crippen LogP contribution is 2.24. The van der Waals surface area contributed by atoms with Crippen molar-refractivity contribution >= 4 is 15.8 Å². The van der Waals surface area contributed by atoms with Gasteiger partial charge in [-0.15, -0.1) is 0 Å². The van der Waals surface area contributed by atoms with Crippen LogP contribution in [0.4, 0.5) is 4.39 Å². The molecule has 7 heteroatoms. The summed E-state index contributed by atoms with van der Waals surface area (Å²) >= 11 is 0. The molecule has 2 rings (SSSR count). The number of halogens is 1. The van der Waals surface area contributed by atoms with Crippen LogP contribution >= 0.6 is 0 Å².